The summed E-state index contributed by atoms with van der Waals surface area (Å²) in [6, 6.07) is 8.17. The minimum absolute atomic E-state index is 0.205. The summed E-state index contributed by atoms with van der Waals surface area (Å²) in [5.41, 5.74) is 2.38. The Kier molecular flexibility index (Phi) is 6.39. The third-order valence-electron chi connectivity index (χ3n) is 4.57. The van der Waals surface area contributed by atoms with Gasteiger partial charge in [0, 0.05) is 17.0 Å². The Morgan fingerprint density at radius 1 is 1.15 bits per heavy atom. The van der Waals surface area contributed by atoms with Gasteiger partial charge in [-0.05, 0) is 19.8 Å². The van der Waals surface area contributed by atoms with E-state index in [1.807, 2.05) is 31.2 Å². The second-order valence-corrected chi connectivity index (χ2v) is 7.59. The van der Waals surface area contributed by atoms with Crippen LogP contribution < -0.4 is 5.32 Å². The number of nitrogens with zero attached hydrogens (tertiary/aromatic N) is 1. The highest BCUT2D eigenvalue weighted by Gasteiger charge is 2.18. The van der Waals surface area contributed by atoms with E-state index < -0.39 is 5.97 Å². The van der Waals surface area contributed by atoms with E-state index >= 15 is 0 Å². The summed E-state index contributed by atoms with van der Waals surface area (Å²) in [7, 11) is 0. The van der Waals surface area contributed by atoms with Gasteiger partial charge in [0.2, 0.25) is 0 Å². The maximum Gasteiger partial charge on any atom is 0.358 e. The summed E-state index contributed by atoms with van der Waals surface area (Å²) in [6.45, 7) is 1.77. The summed E-state index contributed by atoms with van der Waals surface area (Å²) < 4.78 is 5.12. The first-order valence-electron chi connectivity index (χ1n) is 9.11. The fourth-order valence-corrected chi connectivity index (χ4v) is 3.89. The molecular formula is C20H24N2O3S. The largest absolute Gasteiger partial charge is 0.451 e. The monoisotopic (exact) mass is 372 g/mol. The first kappa shape index (κ1) is 18.6. The Labute approximate surface area is 157 Å². The minimum atomic E-state index is -0.560. The van der Waals surface area contributed by atoms with Gasteiger partial charge < -0.3 is 10.1 Å². The maximum atomic E-state index is 12.1. The average molecular weight is 372 g/mol. The molecule has 1 aromatic carbocycles. The molecule has 138 valence electrons. The molecule has 1 aliphatic rings. The zero-order valence-electron chi connectivity index (χ0n) is 15.0. The second kappa shape index (κ2) is 8.94. The van der Waals surface area contributed by atoms with E-state index in [-0.39, 0.29) is 24.2 Å². The number of thiazole rings is 1. The van der Waals surface area contributed by atoms with E-state index in [1.165, 1.54) is 29.7 Å². The van der Waals surface area contributed by atoms with Crippen LogP contribution in [0.5, 0.6) is 0 Å². The van der Waals surface area contributed by atoms with Crippen molar-refractivity contribution in [2.75, 3.05) is 6.61 Å². The molecule has 0 aliphatic heterocycles. The predicted molar refractivity (Wildman–Crippen MR) is 102 cm³/mol. The minimum Gasteiger partial charge on any atom is -0.451 e. The van der Waals surface area contributed by atoms with Crippen LogP contribution in [0.25, 0.3) is 10.6 Å². The van der Waals surface area contributed by atoms with Gasteiger partial charge in [0.15, 0.2) is 12.3 Å². The number of amides is 1. The molecule has 3 rings (SSSR count). The Hall–Kier alpha value is -2.21. The molecule has 0 bridgehead atoms. The van der Waals surface area contributed by atoms with Gasteiger partial charge in [0.1, 0.15) is 5.01 Å². The number of nitrogens with one attached hydrogen (secondary N) is 1. The molecule has 0 unspecified atom stereocenters. The van der Waals surface area contributed by atoms with Crippen LogP contribution in [0.15, 0.2) is 29.6 Å². The average Bonchev–Trinajstić information content (AvgIpc) is 2.99. The van der Waals surface area contributed by atoms with Crippen LogP contribution in [0.1, 0.15) is 54.6 Å². The summed E-state index contributed by atoms with van der Waals surface area (Å²) in [5.74, 6) is -0.796. The smallest absolute Gasteiger partial charge is 0.358 e. The number of benzene rings is 1. The van der Waals surface area contributed by atoms with Crippen molar-refractivity contribution in [2.45, 2.75) is 51.5 Å². The number of carbonyl (C=O) groups is 2. The number of rotatable bonds is 5. The van der Waals surface area contributed by atoms with Crippen LogP contribution in [0.3, 0.4) is 0 Å². The number of hydrogen-bond donors (Lipinski definition) is 1. The third-order valence-corrected chi connectivity index (χ3v) is 5.46. The second-order valence-electron chi connectivity index (χ2n) is 6.74. The Morgan fingerprint density at radius 2 is 1.85 bits per heavy atom. The number of hydrogen-bond acceptors (Lipinski definition) is 5. The molecule has 0 atom stereocenters. The number of aryl methyl sites for hydroxylation is 1. The molecular weight excluding hydrogens is 348 g/mol. The van der Waals surface area contributed by atoms with Gasteiger partial charge in [-0.1, -0.05) is 55.5 Å². The lowest BCUT2D eigenvalue weighted by Crippen LogP contribution is -2.37. The quantitative estimate of drug-likeness (QED) is 0.633. The van der Waals surface area contributed by atoms with Crippen molar-refractivity contribution >= 4 is 23.2 Å². The first-order valence-corrected chi connectivity index (χ1v) is 9.99. The lowest BCUT2D eigenvalue weighted by molar-refractivity contribution is -0.125. The van der Waals surface area contributed by atoms with Gasteiger partial charge in [-0.15, -0.1) is 11.3 Å². The highest BCUT2D eigenvalue weighted by Crippen LogP contribution is 2.24. The highest BCUT2D eigenvalue weighted by atomic mass is 32.1. The molecule has 5 nitrogen and oxygen atoms in total. The molecule has 1 N–H and O–H groups in total. The standard InChI is InChI=1S/C20H24N2O3S/c1-14-8-10-15(11-9-14)19-22-17(13-26-19)20(24)25-12-18(23)21-16-6-4-2-3-5-7-16/h8-11,13,16H,2-7,12H2,1H3,(H,21,23). The van der Waals surface area contributed by atoms with E-state index in [9.17, 15) is 9.59 Å². The van der Waals surface area contributed by atoms with Crippen molar-refractivity contribution in [3.05, 3.63) is 40.9 Å². The van der Waals surface area contributed by atoms with E-state index in [0.717, 1.165) is 36.3 Å². The first-order chi connectivity index (χ1) is 12.6. The predicted octanol–water partition coefficient (Wildman–Crippen LogP) is 4.11. The third kappa shape index (κ3) is 5.14. The molecule has 0 saturated heterocycles. The molecule has 0 spiro atoms. The van der Waals surface area contributed by atoms with Gasteiger partial charge in [-0.3, -0.25) is 4.79 Å². The van der Waals surface area contributed by atoms with Crippen molar-refractivity contribution in [1.29, 1.82) is 0 Å². The Balaban J connectivity index is 1.50. The van der Waals surface area contributed by atoms with Crippen molar-refractivity contribution in [1.82, 2.24) is 10.3 Å². The van der Waals surface area contributed by atoms with E-state index in [0.29, 0.717) is 0 Å². The lowest BCUT2D eigenvalue weighted by atomic mass is 10.1. The van der Waals surface area contributed by atoms with Crippen LogP contribution in [-0.2, 0) is 9.53 Å². The Bertz CT molecular complexity index is 747. The summed E-state index contributed by atoms with van der Waals surface area (Å²) in [5, 5.41) is 5.40. The molecule has 0 radical (unpaired) electrons. The fraction of sp³-hybridized carbons (Fsp3) is 0.450. The van der Waals surface area contributed by atoms with Crippen LogP contribution >= 0.6 is 11.3 Å². The van der Waals surface area contributed by atoms with Crippen molar-refractivity contribution in [3.8, 4) is 10.6 Å². The van der Waals surface area contributed by atoms with Gasteiger partial charge >= 0.3 is 5.97 Å². The highest BCUT2D eigenvalue weighted by molar-refractivity contribution is 7.13. The lowest BCUT2D eigenvalue weighted by Gasteiger charge is -2.15. The Morgan fingerprint density at radius 3 is 2.54 bits per heavy atom. The zero-order chi connectivity index (χ0) is 18.4. The number of aromatic nitrogens is 1. The molecule has 1 fully saturated rings. The summed E-state index contributed by atoms with van der Waals surface area (Å²) >= 11 is 1.39. The van der Waals surface area contributed by atoms with Gasteiger partial charge in [-0.25, -0.2) is 9.78 Å². The van der Waals surface area contributed by atoms with Gasteiger partial charge in [0.05, 0.1) is 0 Å². The molecule has 1 aromatic heterocycles. The molecule has 1 amide bonds. The van der Waals surface area contributed by atoms with Crippen molar-refractivity contribution < 1.29 is 14.3 Å². The summed E-state index contributed by atoms with van der Waals surface area (Å²) in [4.78, 5) is 28.5. The summed E-state index contributed by atoms with van der Waals surface area (Å²) in [6.07, 6.45) is 6.76. The molecule has 2 aromatic rings. The SMILES string of the molecule is Cc1ccc(-c2nc(C(=O)OCC(=O)NC3CCCCCC3)cs2)cc1. The molecule has 26 heavy (non-hydrogen) atoms. The fourth-order valence-electron chi connectivity index (χ4n) is 3.09. The van der Waals surface area contributed by atoms with E-state index in [1.54, 1.807) is 5.38 Å². The zero-order valence-corrected chi connectivity index (χ0v) is 15.8. The molecule has 6 heteroatoms. The normalized spacial score (nSPS) is 15.3. The van der Waals surface area contributed by atoms with Crippen LogP contribution in [0.2, 0.25) is 0 Å². The molecule has 1 aliphatic carbocycles. The topological polar surface area (TPSA) is 68.3 Å². The van der Waals surface area contributed by atoms with Crippen LogP contribution in [0, 0.1) is 6.92 Å². The van der Waals surface area contributed by atoms with Crippen molar-refractivity contribution in [3.63, 3.8) is 0 Å². The van der Waals surface area contributed by atoms with E-state index in [4.69, 9.17) is 4.74 Å². The molecule has 1 saturated carbocycles. The van der Waals surface area contributed by atoms with Crippen LogP contribution in [0.4, 0.5) is 0 Å². The van der Waals surface area contributed by atoms with Crippen LogP contribution in [-0.4, -0.2) is 29.5 Å². The van der Waals surface area contributed by atoms with Gasteiger partial charge in [0.25, 0.3) is 5.91 Å². The number of esters is 1. The van der Waals surface area contributed by atoms with Crippen molar-refractivity contribution in [2.24, 2.45) is 0 Å². The van der Waals surface area contributed by atoms with Gasteiger partial charge in [-0.2, -0.15) is 0 Å². The number of ether oxygens (including phenoxy) is 1. The van der Waals surface area contributed by atoms with E-state index in [2.05, 4.69) is 10.3 Å². The number of carbonyl (C=O) groups excluding carboxylic acids is 2. The molecule has 1 heterocycles. The maximum absolute atomic E-state index is 12.1.